The molecule has 3 heterocycles. The van der Waals surface area contributed by atoms with E-state index >= 15 is 0 Å². The molecule has 3 fully saturated rings. The highest BCUT2D eigenvalue weighted by Crippen LogP contribution is 2.44. The predicted molar refractivity (Wildman–Crippen MR) is 98.5 cm³/mol. The number of likely N-dealkylation sites (tertiary alicyclic amines) is 1. The Kier molecular flexibility index (Phi) is 4.05. The third-order valence-corrected chi connectivity index (χ3v) is 6.26. The minimum absolute atomic E-state index is 0.0394. The number of carbonyl (C=O) groups excluding carboxylic acids is 1. The van der Waals surface area contributed by atoms with E-state index in [4.69, 9.17) is 0 Å². The van der Waals surface area contributed by atoms with E-state index in [0.29, 0.717) is 30.1 Å². The number of carbonyl (C=O) groups is 1. The van der Waals surface area contributed by atoms with E-state index in [1.54, 1.807) is 0 Å². The van der Waals surface area contributed by atoms with Gasteiger partial charge in [0.25, 0.3) is 5.91 Å². The van der Waals surface area contributed by atoms with Crippen molar-refractivity contribution in [3.8, 4) is 0 Å². The molecule has 0 aromatic heterocycles. The Labute approximate surface area is 154 Å². The minimum atomic E-state index is -0.221. The highest BCUT2D eigenvalue weighted by atomic mass is 16.3. The molecular weight excluding hydrogens is 328 g/mol. The van der Waals surface area contributed by atoms with Gasteiger partial charge in [0.1, 0.15) is 11.9 Å². The van der Waals surface area contributed by atoms with Gasteiger partial charge in [-0.1, -0.05) is 6.08 Å². The van der Waals surface area contributed by atoms with Gasteiger partial charge in [0.2, 0.25) is 0 Å². The van der Waals surface area contributed by atoms with Crippen molar-refractivity contribution in [3.05, 3.63) is 35.8 Å². The fourth-order valence-corrected chi connectivity index (χ4v) is 4.54. The van der Waals surface area contributed by atoms with Crippen LogP contribution in [-0.2, 0) is 4.79 Å². The summed E-state index contributed by atoms with van der Waals surface area (Å²) in [6.07, 6.45) is 13.7. The fourth-order valence-electron chi connectivity index (χ4n) is 4.54. The maximum Gasteiger partial charge on any atom is 0.269 e. The number of hydrogen-bond acceptors (Lipinski definition) is 5. The molecule has 3 aliphatic heterocycles. The standard InChI is InChI=1S/C20H28N4O2/c25-15-8-10-23(11-15)12-17-21-19(16-3-1-2-9-24(16)17)20(26)22-18(13-4-5-13)14-6-7-14/h1-3,9,13-15,17-18,21,25H,4-8,10-12H2,(H,22,26). The Balaban J connectivity index is 1.30. The predicted octanol–water partition coefficient (Wildman–Crippen LogP) is 0.884. The van der Waals surface area contributed by atoms with Crippen LogP contribution in [0.15, 0.2) is 35.8 Å². The molecule has 5 rings (SSSR count). The Hall–Kier alpha value is -1.79. The molecule has 5 aliphatic rings. The molecule has 0 spiro atoms. The maximum atomic E-state index is 13.0. The van der Waals surface area contributed by atoms with Gasteiger partial charge in [-0.3, -0.25) is 9.69 Å². The number of fused-ring (bicyclic) bond motifs is 1. The van der Waals surface area contributed by atoms with Gasteiger partial charge in [-0.25, -0.2) is 0 Å². The first-order valence-corrected chi connectivity index (χ1v) is 10.0. The van der Waals surface area contributed by atoms with Gasteiger partial charge in [-0.05, 0) is 56.1 Å². The molecule has 6 heteroatoms. The molecule has 0 aromatic carbocycles. The van der Waals surface area contributed by atoms with Crippen molar-refractivity contribution in [2.45, 2.75) is 50.4 Å². The van der Waals surface area contributed by atoms with Crippen LogP contribution >= 0.6 is 0 Å². The van der Waals surface area contributed by atoms with Crippen LogP contribution in [-0.4, -0.2) is 58.8 Å². The third kappa shape index (κ3) is 3.16. The molecule has 6 nitrogen and oxygen atoms in total. The number of β-amino-alcohol motifs (C(OH)–C–C–N with tert-alkyl or cyclic N) is 1. The third-order valence-electron chi connectivity index (χ3n) is 6.26. The molecule has 26 heavy (non-hydrogen) atoms. The summed E-state index contributed by atoms with van der Waals surface area (Å²) in [5, 5.41) is 16.6. The number of amides is 1. The summed E-state index contributed by atoms with van der Waals surface area (Å²) in [5.74, 6) is 1.43. The zero-order valence-electron chi connectivity index (χ0n) is 15.1. The van der Waals surface area contributed by atoms with Crippen LogP contribution in [0.3, 0.4) is 0 Å². The van der Waals surface area contributed by atoms with E-state index in [2.05, 4.69) is 20.4 Å². The molecule has 0 aromatic rings. The van der Waals surface area contributed by atoms with Crippen molar-refractivity contribution in [3.63, 3.8) is 0 Å². The van der Waals surface area contributed by atoms with Gasteiger partial charge in [-0.15, -0.1) is 0 Å². The molecule has 0 bridgehead atoms. The monoisotopic (exact) mass is 356 g/mol. The van der Waals surface area contributed by atoms with Crippen LogP contribution in [0.25, 0.3) is 0 Å². The smallest absolute Gasteiger partial charge is 0.269 e. The van der Waals surface area contributed by atoms with Crippen LogP contribution in [0.2, 0.25) is 0 Å². The topological polar surface area (TPSA) is 67.8 Å². The summed E-state index contributed by atoms with van der Waals surface area (Å²) in [7, 11) is 0. The molecule has 2 unspecified atom stereocenters. The van der Waals surface area contributed by atoms with Crippen molar-refractivity contribution in [2.24, 2.45) is 11.8 Å². The molecule has 1 saturated heterocycles. The number of hydrogen-bond donors (Lipinski definition) is 3. The van der Waals surface area contributed by atoms with Crippen LogP contribution < -0.4 is 10.6 Å². The van der Waals surface area contributed by atoms with Crippen molar-refractivity contribution in [1.29, 1.82) is 0 Å². The minimum Gasteiger partial charge on any atom is -0.392 e. The summed E-state index contributed by atoms with van der Waals surface area (Å²) >= 11 is 0. The van der Waals surface area contributed by atoms with E-state index in [0.717, 1.165) is 25.2 Å². The second kappa shape index (κ2) is 6.43. The largest absolute Gasteiger partial charge is 0.392 e. The Morgan fingerprint density at radius 1 is 1.23 bits per heavy atom. The van der Waals surface area contributed by atoms with Crippen molar-refractivity contribution in [1.82, 2.24) is 20.4 Å². The zero-order chi connectivity index (χ0) is 17.7. The zero-order valence-corrected chi connectivity index (χ0v) is 15.1. The molecule has 3 N–H and O–H groups in total. The number of aliphatic hydroxyl groups excluding tert-OH is 1. The SMILES string of the molecule is O=C(NC(C1CC1)C1CC1)C1=C2C=CC=CN2C(CN2CCC(O)C2)N1. The number of aliphatic hydroxyl groups is 1. The molecule has 140 valence electrons. The first-order chi connectivity index (χ1) is 12.7. The highest BCUT2D eigenvalue weighted by molar-refractivity contribution is 5.95. The quantitative estimate of drug-likeness (QED) is 0.659. The van der Waals surface area contributed by atoms with E-state index in [1.165, 1.54) is 25.7 Å². The van der Waals surface area contributed by atoms with Gasteiger partial charge < -0.3 is 20.6 Å². The Morgan fingerprint density at radius 2 is 2.00 bits per heavy atom. The maximum absolute atomic E-state index is 13.0. The van der Waals surface area contributed by atoms with Gasteiger partial charge in [0, 0.05) is 31.9 Å². The molecule has 2 atom stereocenters. The number of allylic oxidation sites excluding steroid dienone is 3. The van der Waals surface area contributed by atoms with Gasteiger partial charge >= 0.3 is 0 Å². The molecular formula is C20H28N4O2. The lowest BCUT2D eigenvalue weighted by Gasteiger charge is -2.29. The summed E-state index contributed by atoms with van der Waals surface area (Å²) in [5.41, 5.74) is 1.65. The molecule has 0 radical (unpaired) electrons. The lowest BCUT2D eigenvalue weighted by Crippen LogP contribution is -2.46. The Bertz CT molecular complexity index is 665. The van der Waals surface area contributed by atoms with Crippen LogP contribution in [0.1, 0.15) is 32.1 Å². The number of rotatable bonds is 6. The highest BCUT2D eigenvalue weighted by Gasteiger charge is 2.43. The van der Waals surface area contributed by atoms with Crippen molar-refractivity contribution in [2.75, 3.05) is 19.6 Å². The second-order valence-corrected chi connectivity index (χ2v) is 8.40. The van der Waals surface area contributed by atoms with Gasteiger partial charge in [-0.2, -0.15) is 0 Å². The normalized spacial score (nSPS) is 30.9. The van der Waals surface area contributed by atoms with Crippen LogP contribution in [0, 0.1) is 11.8 Å². The van der Waals surface area contributed by atoms with E-state index in [9.17, 15) is 9.90 Å². The average molecular weight is 356 g/mol. The van der Waals surface area contributed by atoms with E-state index in [-0.39, 0.29) is 18.2 Å². The summed E-state index contributed by atoms with van der Waals surface area (Å²) in [6.45, 7) is 2.42. The summed E-state index contributed by atoms with van der Waals surface area (Å²) in [6, 6.07) is 0.363. The molecule has 2 saturated carbocycles. The van der Waals surface area contributed by atoms with E-state index < -0.39 is 0 Å². The number of nitrogens with zero attached hydrogens (tertiary/aromatic N) is 2. The van der Waals surface area contributed by atoms with Crippen LogP contribution in [0.4, 0.5) is 0 Å². The van der Waals surface area contributed by atoms with Crippen LogP contribution in [0.5, 0.6) is 0 Å². The number of nitrogens with one attached hydrogen (secondary N) is 2. The lowest BCUT2D eigenvalue weighted by molar-refractivity contribution is -0.118. The fraction of sp³-hybridized carbons (Fsp3) is 0.650. The second-order valence-electron chi connectivity index (χ2n) is 8.40. The summed E-state index contributed by atoms with van der Waals surface area (Å²) in [4.78, 5) is 17.5. The molecule has 1 amide bonds. The van der Waals surface area contributed by atoms with Gasteiger partial charge in [0.15, 0.2) is 0 Å². The summed E-state index contributed by atoms with van der Waals surface area (Å²) < 4.78 is 0. The van der Waals surface area contributed by atoms with Crippen molar-refractivity contribution >= 4 is 5.91 Å². The molecule has 2 aliphatic carbocycles. The first kappa shape index (κ1) is 16.4. The first-order valence-electron chi connectivity index (χ1n) is 10.0. The van der Waals surface area contributed by atoms with Gasteiger partial charge in [0.05, 0.1) is 11.8 Å². The van der Waals surface area contributed by atoms with E-state index in [1.807, 2.05) is 24.4 Å². The average Bonchev–Trinajstić information content (AvgIpc) is 3.56. The Morgan fingerprint density at radius 3 is 2.65 bits per heavy atom. The lowest BCUT2D eigenvalue weighted by atomic mass is 10.1. The van der Waals surface area contributed by atoms with Crippen molar-refractivity contribution < 1.29 is 9.90 Å².